The van der Waals surface area contributed by atoms with Gasteiger partial charge in [-0.15, -0.1) is 0 Å². The van der Waals surface area contributed by atoms with Gasteiger partial charge in [0.05, 0.1) is 6.61 Å². The molecule has 0 saturated carbocycles. The largest absolute Gasteiger partial charge is 0.493 e. The Labute approximate surface area is 163 Å². The Hall–Kier alpha value is -1.97. The van der Waals surface area contributed by atoms with Crippen molar-refractivity contribution < 1.29 is 9.15 Å². The van der Waals surface area contributed by atoms with Crippen molar-refractivity contribution in [2.24, 2.45) is 0 Å². The molecule has 0 aliphatic rings. The number of rotatable bonds is 8. The minimum absolute atomic E-state index is 0.174. The van der Waals surface area contributed by atoms with Crippen LogP contribution in [0.5, 0.6) is 5.75 Å². The van der Waals surface area contributed by atoms with Gasteiger partial charge in [-0.05, 0) is 61.5 Å². The van der Waals surface area contributed by atoms with Gasteiger partial charge in [0, 0.05) is 17.0 Å². The Bertz CT molecular complexity index is 843. The summed E-state index contributed by atoms with van der Waals surface area (Å²) in [6, 6.07) is 15.6. The van der Waals surface area contributed by atoms with Crippen LogP contribution < -0.4 is 4.74 Å². The fourth-order valence-electron chi connectivity index (χ4n) is 2.79. The molecule has 0 amide bonds. The van der Waals surface area contributed by atoms with Crippen molar-refractivity contribution in [3.8, 4) is 17.0 Å². The summed E-state index contributed by atoms with van der Waals surface area (Å²) in [6.45, 7) is 2.77. The molecule has 0 aliphatic heterocycles. The lowest BCUT2D eigenvalue weighted by molar-refractivity contribution is 0.302. The first-order valence-corrected chi connectivity index (χ1v) is 9.48. The van der Waals surface area contributed by atoms with Crippen LogP contribution in [0.15, 0.2) is 52.9 Å². The highest BCUT2D eigenvalue weighted by atomic mass is 35.5. The van der Waals surface area contributed by atoms with Gasteiger partial charge in [-0.25, -0.2) is 0 Å². The van der Waals surface area contributed by atoms with Crippen LogP contribution in [0.3, 0.4) is 0 Å². The Morgan fingerprint density at radius 2 is 1.73 bits per heavy atom. The molecule has 3 rings (SSSR count). The van der Waals surface area contributed by atoms with Crippen LogP contribution in [0.1, 0.15) is 30.6 Å². The second-order valence-electron chi connectivity index (χ2n) is 6.17. The molecular weight excluding hydrogens is 369 g/mol. The number of aryl methyl sites for hydroxylation is 2. The van der Waals surface area contributed by atoms with E-state index in [9.17, 15) is 0 Å². The molecule has 0 bridgehead atoms. The van der Waals surface area contributed by atoms with Gasteiger partial charge in [-0.2, -0.15) is 4.98 Å². The van der Waals surface area contributed by atoms with Crippen molar-refractivity contribution in [1.29, 1.82) is 0 Å². The van der Waals surface area contributed by atoms with Crippen LogP contribution in [0, 0.1) is 6.92 Å². The predicted molar refractivity (Wildman–Crippen MR) is 106 cm³/mol. The fourth-order valence-corrected chi connectivity index (χ4v) is 3.09. The highest BCUT2D eigenvalue weighted by Gasteiger charge is 2.13. The molecule has 136 valence electrons. The summed E-state index contributed by atoms with van der Waals surface area (Å²) in [7, 11) is 0. The Balaban J connectivity index is 1.48. The monoisotopic (exact) mass is 389 g/mol. The van der Waals surface area contributed by atoms with Crippen LogP contribution in [-0.2, 0) is 6.42 Å². The minimum atomic E-state index is 0.174. The summed E-state index contributed by atoms with van der Waals surface area (Å²) in [5.41, 5.74) is 2.92. The van der Waals surface area contributed by atoms with Gasteiger partial charge in [0.1, 0.15) is 17.2 Å². The average Bonchev–Trinajstić information content (AvgIpc) is 3.00. The fraction of sp³-hybridized carbons (Fsp3) is 0.286. The van der Waals surface area contributed by atoms with Gasteiger partial charge in [0.25, 0.3) is 5.35 Å². The van der Waals surface area contributed by atoms with E-state index in [4.69, 9.17) is 32.4 Å². The molecular formula is C21H21Cl2NO2. The number of ether oxygens (including phenoxy) is 1. The molecule has 0 radical (unpaired) electrons. The SMILES string of the molecule is Cc1ccccc1OCCCCCc1oc(Cl)nc1-c1ccc(Cl)cc1. The van der Waals surface area contributed by atoms with Gasteiger partial charge < -0.3 is 9.15 Å². The molecule has 0 unspecified atom stereocenters. The summed E-state index contributed by atoms with van der Waals surface area (Å²) in [6.07, 6.45) is 3.82. The number of para-hydroxylation sites is 1. The lowest BCUT2D eigenvalue weighted by Crippen LogP contribution is -1.99. The summed E-state index contributed by atoms with van der Waals surface area (Å²) < 4.78 is 11.4. The number of hydrogen-bond acceptors (Lipinski definition) is 3. The first-order valence-electron chi connectivity index (χ1n) is 8.73. The number of benzene rings is 2. The van der Waals surface area contributed by atoms with Gasteiger partial charge in [0.2, 0.25) is 0 Å². The van der Waals surface area contributed by atoms with E-state index in [1.165, 1.54) is 0 Å². The molecule has 1 aromatic heterocycles. The number of unbranched alkanes of at least 4 members (excludes halogenated alkanes) is 2. The molecule has 26 heavy (non-hydrogen) atoms. The quantitative estimate of drug-likeness (QED) is 0.399. The van der Waals surface area contributed by atoms with Crippen molar-refractivity contribution >= 4 is 23.2 Å². The molecule has 0 N–H and O–H groups in total. The molecule has 1 heterocycles. The molecule has 0 atom stereocenters. The third-order valence-electron chi connectivity index (χ3n) is 4.19. The van der Waals surface area contributed by atoms with Crippen LogP contribution >= 0.6 is 23.2 Å². The standard InChI is InChI=1S/C21H21Cl2NO2/c1-15-7-4-5-8-18(15)25-14-6-2-3-9-19-20(24-21(23)26-19)16-10-12-17(22)13-11-16/h4-5,7-8,10-13H,2-3,6,9,14H2,1H3. The van der Waals surface area contributed by atoms with E-state index < -0.39 is 0 Å². The van der Waals surface area contributed by atoms with E-state index in [1.54, 1.807) is 0 Å². The molecule has 0 aliphatic carbocycles. The normalized spacial score (nSPS) is 10.9. The Morgan fingerprint density at radius 1 is 0.962 bits per heavy atom. The third kappa shape index (κ3) is 5.03. The van der Waals surface area contributed by atoms with Crippen molar-refractivity contribution in [2.45, 2.75) is 32.6 Å². The number of hydrogen-bond donors (Lipinski definition) is 0. The van der Waals surface area contributed by atoms with E-state index in [1.807, 2.05) is 42.5 Å². The molecule has 0 fully saturated rings. The molecule has 2 aromatic carbocycles. The minimum Gasteiger partial charge on any atom is -0.493 e. The van der Waals surface area contributed by atoms with E-state index in [0.717, 1.165) is 54.0 Å². The lowest BCUT2D eigenvalue weighted by Gasteiger charge is -2.08. The van der Waals surface area contributed by atoms with E-state index >= 15 is 0 Å². The second-order valence-corrected chi connectivity index (χ2v) is 6.93. The van der Waals surface area contributed by atoms with E-state index in [0.29, 0.717) is 11.6 Å². The molecule has 5 heteroatoms. The number of halogens is 2. The zero-order valence-corrected chi connectivity index (χ0v) is 16.2. The second kappa shape index (κ2) is 9.11. The molecule has 0 saturated heterocycles. The number of oxazole rings is 1. The highest BCUT2D eigenvalue weighted by Crippen LogP contribution is 2.28. The number of nitrogens with zero attached hydrogens (tertiary/aromatic N) is 1. The van der Waals surface area contributed by atoms with Crippen LogP contribution in [-0.4, -0.2) is 11.6 Å². The van der Waals surface area contributed by atoms with Gasteiger partial charge >= 0.3 is 0 Å². The topological polar surface area (TPSA) is 35.3 Å². The van der Waals surface area contributed by atoms with E-state index in [2.05, 4.69) is 18.0 Å². The summed E-state index contributed by atoms with van der Waals surface area (Å²) in [5, 5.41) is 0.867. The molecule has 3 nitrogen and oxygen atoms in total. The maximum absolute atomic E-state index is 5.97. The maximum Gasteiger partial charge on any atom is 0.292 e. The van der Waals surface area contributed by atoms with Crippen LogP contribution in [0.4, 0.5) is 0 Å². The summed E-state index contributed by atoms with van der Waals surface area (Å²) in [4.78, 5) is 4.31. The maximum atomic E-state index is 5.97. The lowest BCUT2D eigenvalue weighted by atomic mass is 10.1. The molecule has 3 aromatic rings. The van der Waals surface area contributed by atoms with Gasteiger partial charge in [-0.3, -0.25) is 0 Å². The summed E-state index contributed by atoms with van der Waals surface area (Å²) >= 11 is 11.9. The van der Waals surface area contributed by atoms with Crippen molar-refractivity contribution in [3.63, 3.8) is 0 Å². The van der Waals surface area contributed by atoms with Crippen LogP contribution in [0.25, 0.3) is 11.3 Å². The first-order chi connectivity index (χ1) is 12.6. The Kier molecular flexibility index (Phi) is 6.59. The highest BCUT2D eigenvalue weighted by molar-refractivity contribution is 6.30. The number of aromatic nitrogens is 1. The predicted octanol–water partition coefficient (Wildman–Crippen LogP) is 6.75. The van der Waals surface area contributed by atoms with Crippen molar-refractivity contribution in [1.82, 2.24) is 4.98 Å². The zero-order chi connectivity index (χ0) is 18.4. The molecule has 0 spiro atoms. The van der Waals surface area contributed by atoms with Crippen LogP contribution in [0.2, 0.25) is 10.4 Å². The third-order valence-corrected chi connectivity index (χ3v) is 4.60. The van der Waals surface area contributed by atoms with Crippen molar-refractivity contribution in [3.05, 3.63) is 70.2 Å². The average molecular weight is 390 g/mol. The van der Waals surface area contributed by atoms with Crippen molar-refractivity contribution in [2.75, 3.05) is 6.61 Å². The van der Waals surface area contributed by atoms with Gasteiger partial charge in [0.15, 0.2) is 0 Å². The summed E-state index contributed by atoms with van der Waals surface area (Å²) in [5.74, 6) is 1.77. The first kappa shape index (κ1) is 18.8. The smallest absolute Gasteiger partial charge is 0.292 e. The van der Waals surface area contributed by atoms with Gasteiger partial charge in [-0.1, -0.05) is 41.9 Å². The zero-order valence-electron chi connectivity index (χ0n) is 14.7. The van der Waals surface area contributed by atoms with E-state index in [-0.39, 0.29) is 5.35 Å². The Morgan fingerprint density at radius 3 is 2.50 bits per heavy atom.